The zero-order valence-corrected chi connectivity index (χ0v) is 15.1. The molecule has 0 bridgehead atoms. The van der Waals surface area contributed by atoms with Crippen LogP contribution in [0.2, 0.25) is 5.15 Å². The van der Waals surface area contributed by atoms with Crippen LogP contribution >= 0.6 is 11.6 Å². The van der Waals surface area contributed by atoms with Crippen molar-refractivity contribution in [3.05, 3.63) is 76.8 Å². The summed E-state index contributed by atoms with van der Waals surface area (Å²) in [5, 5.41) is 4.13. The molecule has 132 valence electrons. The zero-order valence-electron chi connectivity index (χ0n) is 14.3. The van der Waals surface area contributed by atoms with Crippen LogP contribution in [0.1, 0.15) is 21.6 Å². The molecule has 0 atom stereocenters. The van der Waals surface area contributed by atoms with E-state index in [0.29, 0.717) is 0 Å². The molecule has 0 fully saturated rings. The summed E-state index contributed by atoms with van der Waals surface area (Å²) in [4.78, 5) is 15.9. The molecule has 6 nitrogen and oxygen atoms in total. The Hall–Kier alpha value is -3.12. The number of nitrogens with one attached hydrogen (secondary N) is 1. The second kappa shape index (κ2) is 7.84. The number of carbonyl (C=O) groups is 1. The van der Waals surface area contributed by atoms with Crippen LogP contribution in [0, 0.1) is 6.92 Å². The number of halogens is 1. The van der Waals surface area contributed by atoms with Gasteiger partial charge in [0, 0.05) is 29.3 Å². The molecule has 2 aromatic heterocycles. The van der Waals surface area contributed by atoms with Crippen molar-refractivity contribution < 1.29 is 9.53 Å². The molecule has 3 rings (SSSR count). The Morgan fingerprint density at radius 2 is 2.08 bits per heavy atom. The Bertz CT molecular complexity index is 948. The van der Waals surface area contributed by atoms with Gasteiger partial charge in [0.1, 0.15) is 10.9 Å². The number of amides is 1. The standard InChI is InChI=1S/C19H17ClN4O2/c1-13-10-14(12-24(13)15-5-7-16(26-2)8-6-15)11-22-23-19(25)17-4-3-9-21-18(17)20/h3-12H,1-2H3,(H,23,25)/b22-11-. The van der Waals surface area contributed by atoms with Crippen LogP contribution < -0.4 is 10.2 Å². The number of pyridine rings is 1. The Morgan fingerprint density at radius 1 is 1.31 bits per heavy atom. The lowest BCUT2D eigenvalue weighted by molar-refractivity contribution is 0.0955. The van der Waals surface area contributed by atoms with Gasteiger partial charge in [-0.3, -0.25) is 4.79 Å². The highest BCUT2D eigenvalue weighted by atomic mass is 35.5. The third kappa shape index (κ3) is 3.92. The molecule has 0 saturated heterocycles. The van der Waals surface area contributed by atoms with Crippen molar-refractivity contribution in [2.75, 3.05) is 7.11 Å². The molecule has 26 heavy (non-hydrogen) atoms. The number of carbonyl (C=O) groups excluding carboxylic acids is 1. The Kier molecular flexibility index (Phi) is 5.34. The fourth-order valence-electron chi connectivity index (χ4n) is 2.47. The molecule has 0 radical (unpaired) electrons. The van der Waals surface area contributed by atoms with Crippen molar-refractivity contribution in [2.24, 2.45) is 5.10 Å². The molecule has 7 heteroatoms. The van der Waals surface area contributed by atoms with E-state index in [0.717, 1.165) is 22.7 Å². The number of aromatic nitrogens is 2. The van der Waals surface area contributed by atoms with Gasteiger partial charge in [-0.2, -0.15) is 5.10 Å². The lowest BCUT2D eigenvalue weighted by Crippen LogP contribution is -2.18. The van der Waals surface area contributed by atoms with Gasteiger partial charge >= 0.3 is 0 Å². The third-order valence-corrected chi connectivity index (χ3v) is 4.07. The number of benzene rings is 1. The summed E-state index contributed by atoms with van der Waals surface area (Å²) in [5.41, 5.74) is 5.63. The Morgan fingerprint density at radius 3 is 2.77 bits per heavy atom. The van der Waals surface area contributed by atoms with Gasteiger partial charge in [0.2, 0.25) is 0 Å². The minimum Gasteiger partial charge on any atom is -0.497 e. The molecule has 0 aliphatic carbocycles. The number of hydrogen-bond donors (Lipinski definition) is 1. The third-order valence-electron chi connectivity index (χ3n) is 3.77. The lowest BCUT2D eigenvalue weighted by atomic mass is 10.3. The second-order valence-electron chi connectivity index (χ2n) is 5.52. The van der Waals surface area contributed by atoms with Crippen molar-refractivity contribution in [3.8, 4) is 11.4 Å². The van der Waals surface area contributed by atoms with Crippen LogP contribution in [0.25, 0.3) is 5.69 Å². The number of ether oxygens (including phenoxy) is 1. The molecule has 0 aliphatic rings. The maximum absolute atomic E-state index is 12.0. The van der Waals surface area contributed by atoms with Gasteiger partial charge in [-0.25, -0.2) is 10.4 Å². The maximum Gasteiger partial charge on any atom is 0.274 e. The number of aryl methyl sites for hydroxylation is 1. The van der Waals surface area contributed by atoms with E-state index in [9.17, 15) is 4.79 Å². The van der Waals surface area contributed by atoms with Gasteiger partial charge < -0.3 is 9.30 Å². The molecule has 0 aliphatic heterocycles. The first-order valence-electron chi connectivity index (χ1n) is 7.86. The van der Waals surface area contributed by atoms with Crippen LogP contribution in [0.15, 0.2) is 60.0 Å². The number of methoxy groups -OCH3 is 1. The molecule has 0 unspecified atom stereocenters. The van der Waals surface area contributed by atoms with Crippen molar-refractivity contribution in [1.82, 2.24) is 15.0 Å². The van der Waals surface area contributed by atoms with Gasteiger partial charge in [-0.15, -0.1) is 0 Å². The first-order valence-corrected chi connectivity index (χ1v) is 8.23. The maximum atomic E-state index is 12.0. The van der Waals surface area contributed by atoms with Crippen molar-refractivity contribution in [2.45, 2.75) is 6.92 Å². The normalized spacial score (nSPS) is 10.9. The lowest BCUT2D eigenvalue weighted by Gasteiger charge is -2.06. The summed E-state index contributed by atoms with van der Waals surface area (Å²) in [5.74, 6) is 0.391. The van der Waals surface area contributed by atoms with Crippen LogP contribution in [0.3, 0.4) is 0 Å². The fraction of sp³-hybridized carbons (Fsp3) is 0.105. The molecule has 0 saturated carbocycles. The van der Waals surface area contributed by atoms with E-state index < -0.39 is 5.91 Å². The van der Waals surface area contributed by atoms with E-state index >= 15 is 0 Å². The summed E-state index contributed by atoms with van der Waals surface area (Å²) in [6.07, 6.45) is 5.03. The topological polar surface area (TPSA) is 68.5 Å². The molecular formula is C19H17ClN4O2. The first-order chi connectivity index (χ1) is 12.6. The van der Waals surface area contributed by atoms with E-state index in [1.165, 1.54) is 6.20 Å². The van der Waals surface area contributed by atoms with Gasteiger partial charge in [-0.1, -0.05) is 11.6 Å². The number of rotatable bonds is 5. The molecule has 2 heterocycles. The van der Waals surface area contributed by atoms with Crippen LogP contribution in [-0.4, -0.2) is 28.8 Å². The van der Waals surface area contributed by atoms with E-state index in [-0.39, 0.29) is 10.7 Å². The van der Waals surface area contributed by atoms with Gasteiger partial charge in [0.25, 0.3) is 5.91 Å². The number of nitrogens with zero attached hydrogens (tertiary/aromatic N) is 3. The molecule has 1 amide bonds. The number of hydrogen-bond acceptors (Lipinski definition) is 4. The molecular weight excluding hydrogens is 352 g/mol. The smallest absolute Gasteiger partial charge is 0.274 e. The summed E-state index contributed by atoms with van der Waals surface area (Å²) in [6, 6.07) is 12.9. The first kappa shape index (κ1) is 17.7. The second-order valence-corrected chi connectivity index (χ2v) is 5.88. The highest BCUT2D eigenvalue weighted by Gasteiger charge is 2.09. The average molecular weight is 369 g/mol. The SMILES string of the molecule is COc1ccc(-n2cc(/C=N\NC(=O)c3cccnc3Cl)cc2C)cc1. The van der Waals surface area contributed by atoms with Crippen LogP contribution in [0.5, 0.6) is 5.75 Å². The molecule has 1 aromatic carbocycles. The van der Waals surface area contributed by atoms with E-state index in [2.05, 4.69) is 15.5 Å². The quantitative estimate of drug-likeness (QED) is 0.425. The zero-order chi connectivity index (χ0) is 18.5. The Balaban J connectivity index is 1.71. The Labute approximate surface area is 156 Å². The van der Waals surface area contributed by atoms with Crippen LogP contribution in [-0.2, 0) is 0 Å². The summed E-state index contributed by atoms with van der Waals surface area (Å²) < 4.78 is 7.20. The largest absolute Gasteiger partial charge is 0.497 e. The van der Waals surface area contributed by atoms with E-state index in [1.807, 2.05) is 48.0 Å². The number of hydrazone groups is 1. The summed E-state index contributed by atoms with van der Waals surface area (Å²) >= 11 is 5.89. The average Bonchev–Trinajstić information content (AvgIpc) is 3.02. The highest BCUT2D eigenvalue weighted by Crippen LogP contribution is 2.18. The monoisotopic (exact) mass is 368 g/mol. The van der Waals surface area contributed by atoms with Gasteiger partial charge in [-0.05, 0) is 49.4 Å². The summed E-state index contributed by atoms with van der Waals surface area (Å²) in [6.45, 7) is 2.00. The van der Waals surface area contributed by atoms with Crippen molar-refractivity contribution in [3.63, 3.8) is 0 Å². The molecule has 3 aromatic rings. The minimum absolute atomic E-state index is 0.140. The predicted molar refractivity (Wildman–Crippen MR) is 101 cm³/mol. The highest BCUT2D eigenvalue weighted by molar-refractivity contribution is 6.32. The summed E-state index contributed by atoms with van der Waals surface area (Å²) in [7, 11) is 1.64. The van der Waals surface area contributed by atoms with Gasteiger partial charge in [0.15, 0.2) is 0 Å². The minimum atomic E-state index is -0.411. The van der Waals surface area contributed by atoms with Crippen LogP contribution in [0.4, 0.5) is 0 Å². The molecule has 0 spiro atoms. The van der Waals surface area contributed by atoms with E-state index in [4.69, 9.17) is 16.3 Å². The predicted octanol–water partition coefficient (Wildman–Crippen LogP) is 3.61. The fourth-order valence-corrected chi connectivity index (χ4v) is 2.68. The van der Waals surface area contributed by atoms with Crippen molar-refractivity contribution in [1.29, 1.82) is 0 Å². The van der Waals surface area contributed by atoms with Crippen molar-refractivity contribution >= 4 is 23.7 Å². The van der Waals surface area contributed by atoms with E-state index in [1.54, 1.807) is 25.5 Å². The molecule has 1 N–H and O–H groups in total. The van der Waals surface area contributed by atoms with Gasteiger partial charge in [0.05, 0.1) is 18.9 Å².